The quantitative estimate of drug-likeness (QED) is 0.573. The third-order valence-electron chi connectivity index (χ3n) is 0.375. The Labute approximate surface area is 47.8 Å². The second-order valence-corrected chi connectivity index (χ2v) is 1.46. The third kappa shape index (κ3) is 2.68. The van der Waals surface area contributed by atoms with Crippen molar-refractivity contribution in [2.75, 3.05) is 5.33 Å². The summed E-state index contributed by atoms with van der Waals surface area (Å²) in [5.41, 5.74) is 0. The first-order valence-corrected chi connectivity index (χ1v) is 2.67. The Morgan fingerprint density at radius 3 is 2.14 bits per heavy atom. The third-order valence-corrected chi connectivity index (χ3v) is 0.928. The van der Waals surface area contributed by atoms with Crippen LogP contribution in [0.2, 0.25) is 0 Å². The molecule has 0 aromatic rings. The fourth-order valence-corrected chi connectivity index (χ4v) is 0.303. The van der Waals surface area contributed by atoms with Crippen LogP contribution in [0.25, 0.3) is 0 Å². The van der Waals surface area contributed by atoms with Gasteiger partial charge in [-0.15, -0.1) is 0 Å². The number of rotatable bonds is 2. The summed E-state index contributed by atoms with van der Waals surface area (Å²) < 4.78 is 22.1. The van der Waals surface area contributed by atoms with E-state index in [9.17, 15) is 13.6 Å². The number of hydrogen-bond donors (Lipinski definition) is 0. The van der Waals surface area contributed by atoms with Gasteiger partial charge in [-0.1, -0.05) is 15.9 Å². The minimum Gasteiger partial charge on any atom is -0.292 e. The van der Waals surface area contributed by atoms with Crippen molar-refractivity contribution in [1.82, 2.24) is 0 Å². The van der Waals surface area contributed by atoms with Gasteiger partial charge in [0.1, 0.15) is 0 Å². The molecule has 1 nitrogen and oxygen atoms in total. The van der Waals surface area contributed by atoms with Crippen LogP contribution in [-0.2, 0) is 4.79 Å². The smallest absolute Gasteiger partial charge is 0.292 e. The molecule has 0 aliphatic rings. The highest BCUT2D eigenvalue weighted by Crippen LogP contribution is 1.95. The van der Waals surface area contributed by atoms with E-state index in [-0.39, 0.29) is 5.33 Å². The summed E-state index contributed by atoms with van der Waals surface area (Å²) in [6, 6.07) is 0. The van der Waals surface area contributed by atoms with E-state index >= 15 is 0 Å². The molecule has 0 saturated carbocycles. The Balaban J connectivity index is 3.35. The van der Waals surface area contributed by atoms with Crippen molar-refractivity contribution in [2.45, 2.75) is 6.43 Å². The monoisotopic (exact) mass is 172 g/mol. The molecule has 0 radical (unpaired) electrons. The van der Waals surface area contributed by atoms with Crippen LogP contribution in [0.4, 0.5) is 8.78 Å². The number of ketones is 1. The fourth-order valence-electron chi connectivity index (χ4n) is 0.0583. The summed E-state index contributed by atoms with van der Waals surface area (Å²) in [5.74, 6) is -1.07. The van der Waals surface area contributed by atoms with E-state index in [0.29, 0.717) is 0 Å². The molecule has 0 heterocycles. The molecule has 0 aliphatic carbocycles. The lowest BCUT2D eigenvalue weighted by Crippen LogP contribution is -2.09. The van der Waals surface area contributed by atoms with E-state index < -0.39 is 12.2 Å². The molecule has 7 heavy (non-hydrogen) atoms. The predicted molar refractivity (Wildman–Crippen MR) is 24.8 cm³/mol. The van der Waals surface area contributed by atoms with Crippen LogP contribution in [0.3, 0.4) is 0 Å². The van der Waals surface area contributed by atoms with Crippen molar-refractivity contribution in [3.8, 4) is 0 Å². The minimum absolute atomic E-state index is 0.259. The van der Waals surface area contributed by atoms with Gasteiger partial charge in [0.25, 0.3) is 6.43 Å². The molecule has 0 bridgehead atoms. The first-order valence-electron chi connectivity index (χ1n) is 1.55. The average Bonchev–Trinajstić information content (AvgIpc) is 1.65. The summed E-state index contributed by atoms with van der Waals surface area (Å²) >= 11 is 2.59. The summed E-state index contributed by atoms with van der Waals surface area (Å²) in [4.78, 5) is 9.71. The van der Waals surface area contributed by atoms with Gasteiger partial charge in [-0.05, 0) is 0 Å². The Kier molecular flexibility index (Phi) is 3.07. The number of carbonyl (C=O) groups is 1. The molecule has 0 unspecified atom stereocenters. The molecule has 0 spiro atoms. The lowest BCUT2D eigenvalue weighted by molar-refractivity contribution is -0.126. The van der Waals surface area contributed by atoms with Gasteiger partial charge < -0.3 is 0 Å². The maximum atomic E-state index is 11.0. The second-order valence-electron chi connectivity index (χ2n) is 0.901. The summed E-state index contributed by atoms with van der Waals surface area (Å²) in [5, 5.41) is -0.259. The van der Waals surface area contributed by atoms with Gasteiger partial charge in [-0.2, -0.15) is 0 Å². The molecule has 0 aromatic heterocycles. The Bertz CT molecular complexity index is 73.3. The molecule has 0 N–H and O–H groups in total. The molecule has 0 fully saturated rings. The predicted octanol–water partition coefficient (Wildman–Crippen LogP) is 1.22. The molecule has 0 aliphatic heterocycles. The standard InChI is InChI=1S/C3H3BrF2O/c4-1-2(7)3(5)6/h3H,1H2. The lowest BCUT2D eigenvalue weighted by Gasteiger charge is -1.87. The normalized spacial score (nSPS) is 9.71. The first-order chi connectivity index (χ1) is 3.18. The van der Waals surface area contributed by atoms with E-state index in [2.05, 4.69) is 15.9 Å². The Hall–Kier alpha value is 0.01000. The van der Waals surface area contributed by atoms with Crippen molar-refractivity contribution in [3.05, 3.63) is 0 Å². The largest absolute Gasteiger partial charge is 0.296 e. The van der Waals surface area contributed by atoms with E-state index in [1.165, 1.54) is 0 Å². The van der Waals surface area contributed by atoms with Crippen LogP contribution in [0.5, 0.6) is 0 Å². The van der Waals surface area contributed by atoms with Gasteiger partial charge in [0.15, 0.2) is 0 Å². The number of Topliss-reactive ketones (excluding diaryl/α,β-unsaturated/α-hetero) is 1. The second kappa shape index (κ2) is 3.07. The zero-order valence-electron chi connectivity index (χ0n) is 3.33. The molecule has 0 saturated heterocycles. The minimum atomic E-state index is -2.82. The van der Waals surface area contributed by atoms with Gasteiger partial charge in [0.05, 0.1) is 5.33 Å². The topological polar surface area (TPSA) is 17.1 Å². The zero-order chi connectivity index (χ0) is 5.86. The highest BCUT2D eigenvalue weighted by atomic mass is 79.9. The maximum Gasteiger partial charge on any atom is 0.296 e. The lowest BCUT2D eigenvalue weighted by atomic mass is 10.5. The van der Waals surface area contributed by atoms with E-state index in [1.54, 1.807) is 0 Å². The highest BCUT2D eigenvalue weighted by molar-refractivity contribution is 9.09. The van der Waals surface area contributed by atoms with Crippen LogP contribution in [0.1, 0.15) is 0 Å². The summed E-state index contributed by atoms with van der Waals surface area (Å²) in [6.45, 7) is 0. The number of carbonyl (C=O) groups excluding carboxylic acids is 1. The summed E-state index contributed by atoms with van der Waals surface area (Å²) in [6.07, 6.45) is -2.82. The molecule has 0 amide bonds. The molecular weight excluding hydrogens is 170 g/mol. The zero-order valence-corrected chi connectivity index (χ0v) is 4.91. The SMILES string of the molecule is O=C(CBr)C(F)F. The van der Waals surface area contributed by atoms with E-state index in [1.807, 2.05) is 0 Å². The van der Waals surface area contributed by atoms with Crippen molar-refractivity contribution in [1.29, 1.82) is 0 Å². The molecule has 0 aromatic carbocycles. The van der Waals surface area contributed by atoms with Crippen molar-refractivity contribution in [3.63, 3.8) is 0 Å². The van der Waals surface area contributed by atoms with E-state index in [0.717, 1.165) is 0 Å². The average molecular weight is 173 g/mol. The fraction of sp³-hybridized carbons (Fsp3) is 0.667. The van der Waals surface area contributed by atoms with Crippen molar-refractivity contribution in [2.24, 2.45) is 0 Å². The summed E-state index contributed by atoms with van der Waals surface area (Å²) in [7, 11) is 0. The van der Waals surface area contributed by atoms with Crippen LogP contribution >= 0.6 is 15.9 Å². The van der Waals surface area contributed by atoms with Crippen LogP contribution in [-0.4, -0.2) is 17.5 Å². The van der Waals surface area contributed by atoms with Gasteiger partial charge in [0.2, 0.25) is 5.78 Å². The highest BCUT2D eigenvalue weighted by Gasteiger charge is 2.11. The van der Waals surface area contributed by atoms with Gasteiger partial charge in [-0.25, -0.2) is 8.78 Å². The van der Waals surface area contributed by atoms with Gasteiger partial charge in [0, 0.05) is 0 Å². The molecule has 0 rings (SSSR count). The van der Waals surface area contributed by atoms with Gasteiger partial charge >= 0.3 is 0 Å². The molecular formula is C3H3BrF2O. The number of hydrogen-bond acceptors (Lipinski definition) is 1. The molecule has 0 atom stereocenters. The molecule has 42 valence electrons. The van der Waals surface area contributed by atoms with Crippen LogP contribution in [0.15, 0.2) is 0 Å². The number of halogens is 3. The van der Waals surface area contributed by atoms with Crippen LogP contribution < -0.4 is 0 Å². The maximum absolute atomic E-state index is 11.0. The first kappa shape index (κ1) is 7.01. The Morgan fingerprint density at radius 1 is 1.71 bits per heavy atom. The number of alkyl halides is 3. The van der Waals surface area contributed by atoms with E-state index in [4.69, 9.17) is 0 Å². The molecule has 4 heteroatoms. The van der Waals surface area contributed by atoms with Gasteiger partial charge in [-0.3, -0.25) is 4.79 Å². The Morgan fingerprint density at radius 2 is 2.14 bits per heavy atom. The van der Waals surface area contributed by atoms with Crippen molar-refractivity contribution < 1.29 is 13.6 Å². The van der Waals surface area contributed by atoms with Crippen LogP contribution in [0, 0.1) is 0 Å². The van der Waals surface area contributed by atoms with Crippen molar-refractivity contribution >= 4 is 21.7 Å².